The second-order valence-electron chi connectivity index (χ2n) is 6.65. The largest absolute Gasteiger partial charge is 0.396 e. The van der Waals surface area contributed by atoms with Crippen LogP contribution in [0, 0.1) is 5.41 Å². The fraction of sp³-hybridized carbons (Fsp3) is 0.647. The van der Waals surface area contributed by atoms with Crippen LogP contribution in [0.2, 0.25) is 0 Å². The standard InChI is InChI=1S/C17H26O/c1-13(12-18)15-6-4-5-7-16(15)14-8-10-17(2,3)11-9-14/h4-7,13-14,18H,8-12H2,1-3H3. The molecule has 1 unspecified atom stereocenters. The molecule has 0 spiro atoms. The molecule has 1 heteroatoms. The Balaban J connectivity index is 2.19. The van der Waals surface area contributed by atoms with E-state index < -0.39 is 0 Å². The maximum absolute atomic E-state index is 9.39. The Morgan fingerprint density at radius 2 is 1.83 bits per heavy atom. The van der Waals surface area contributed by atoms with Gasteiger partial charge in [0.25, 0.3) is 0 Å². The van der Waals surface area contributed by atoms with Crippen molar-refractivity contribution in [1.29, 1.82) is 0 Å². The van der Waals surface area contributed by atoms with Crippen LogP contribution in [0.5, 0.6) is 0 Å². The van der Waals surface area contributed by atoms with Gasteiger partial charge in [0.05, 0.1) is 0 Å². The van der Waals surface area contributed by atoms with E-state index in [1.165, 1.54) is 36.8 Å². The van der Waals surface area contributed by atoms with Gasteiger partial charge in [0.15, 0.2) is 0 Å². The minimum atomic E-state index is 0.245. The second kappa shape index (κ2) is 5.44. The summed E-state index contributed by atoms with van der Waals surface area (Å²) >= 11 is 0. The van der Waals surface area contributed by atoms with E-state index in [-0.39, 0.29) is 12.5 Å². The Kier molecular flexibility index (Phi) is 4.11. The third kappa shape index (κ3) is 2.95. The summed E-state index contributed by atoms with van der Waals surface area (Å²) in [6.45, 7) is 7.12. The zero-order valence-electron chi connectivity index (χ0n) is 11.9. The number of rotatable bonds is 3. The molecule has 100 valence electrons. The first kappa shape index (κ1) is 13.6. The third-order valence-electron chi connectivity index (χ3n) is 4.58. The molecule has 18 heavy (non-hydrogen) atoms. The molecule has 1 fully saturated rings. The van der Waals surface area contributed by atoms with Crippen molar-refractivity contribution in [2.45, 2.75) is 58.3 Å². The first-order valence-electron chi connectivity index (χ1n) is 7.23. The Morgan fingerprint density at radius 1 is 1.22 bits per heavy atom. The highest BCUT2D eigenvalue weighted by atomic mass is 16.3. The molecule has 1 aliphatic carbocycles. The average Bonchev–Trinajstić information content (AvgIpc) is 2.38. The van der Waals surface area contributed by atoms with Gasteiger partial charge in [-0.2, -0.15) is 0 Å². The van der Waals surface area contributed by atoms with Crippen LogP contribution in [-0.2, 0) is 0 Å². The average molecular weight is 246 g/mol. The molecule has 0 heterocycles. The molecule has 1 atom stereocenters. The van der Waals surface area contributed by atoms with Crippen molar-refractivity contribution in [3.63, 3.8) is 0 Å². The first-order chi connectivity index (χ1) is 8.53. The lowest BCUT2D eigenvalue weighted by Gasteiger charge is -2.35. The summed E-state index contributed by atoms with van der Waals surface area (Å²) in [5, 5.41) is 9.39. The SMILES string of the molecule is CC(CO)c1ccccc1C1CCC(C)(C)CC1. The van der Waals surface area contributed by atoms with Gasteiger partial charge in [-0.05, 0) is 48.1 Å². The molecule has 1 aliphatic rings. The van der Waals surface area contributed by atoms with Crippen molar-refractivity contribution < 1.29 is 5.11 Å². The highest BCUT2D eigenvalue weighted by Gasteiger charge is 2.28. The zero-order valence-corrected chi connectivity index (χ0v) is 11.9. The van der Waals surface area contributed by atoms with Crippen molar-refractivity contribution in [2.75, 3.05) is 6.61 Å². The maximum atomic E-state index is 9.39. The van der Waals surface area contributed by atoms with Crippen LogP contribution in [0.1, 0.15) is 69.4 Å². The van der Waals surface area contributed by atoms with Gasteiger partial charge in [-0.25, -0.2) is 0 Å². The highest BCUT2D eigenvalue weighted by molar-refractivity contribution is 5.33. The van der Waals surface area contributed by atoms with Crippen molar-refractivity contribution >= 4 is 0 Å². The van der Waals surface area contributed by atoms with Gasteiger partial charge in [-0.3, -0.25) is 0 Å². The van der Waals surface area contributed by atoms with Crippen molar-refractivity contribution in [1.82, 2.24) is 0 Å². The highest BCUT2D eigenvalue weighted by Crippen LogP contribution is 2.43. The Bertz CT molecular complexity index is 384. The lowest BCUT2D eigenvalue weighted by Crippen LogP contribution is -2.21. The molecule has 0 aliphatic heterocycles. The van der Waals surface area contributed by atoms with E-state index in [1.807, 2.05) is 0 Å². The van der Waals surface area contributed by atoms with Crippen LogP contribution in [0.15, 0.2) is 24.3 Å². The van der Waals surface area contributed by atoms with Gasteiger partial charge in [0.1, 0.15) is 0 Å². The van der Waals surface area contributed by atoms with Crippen molar-refractivity contribution in [3.05, 3.63) is 35.4 Å². The quantitative estimate of drug-likeness (QED) is 0.834. The van der Waals surface area contributed by atoms with Crippen LogP contribution in [0.3, 0.4) is 0 Å². The van der Waals surface area contributed by atoms with E-state index >= 15 is 0 Å². The molecule has 0 bridgehead atoms. The van der Waals surface area contributed by atoms with Gasteiger partial charge >= 0.3 is 0 Å². The summed E-state index contributed by atoms with van der Waals surface area (Å²) in [7, 11) is 0. The molecule has 2 rings (SSSR count). The summed E-state index contributed by atoms with van der Waals surface area (Å²) in [5.41, 5.74) is 3.35. The fourth-order valence-corrected chi connectivity index (χ4v) is 3.14. The molecular weight excluding hydrogens is 220 g/mol. The molecular formula is C17H26O. The molecule has 1 nitrogen and oxygen atoms in total. The van der Waals surface area contributed by atoms with E-state index in [2.05, 4.69) is 45.0 Å². The fourth-order valence-electron chi connectivity index (χ4n) is 3.14. The Hall–Kier alpha value is -0.820. The zero-order chi connectivity index (χ0) is 13.2. The van der Waals surface area contributed by atoms with Gasteiger partial charge in [0, 0.05) is 12.5 Å². The second-order valence-corrected chi connectivity index (χ2v) is 6.65. The Labute approximate surface area is 111 Å². The smallest absolute Gasteiger partial charge is 0.0497 e. The predicted molar refractivity (Wildman–Crippen MR) is 76.9 cm³/mol. The monoisotopic (exact) mass is 246 g/mol. The van der Waals surface area contributed by atoms with Crippen LogP contribution in [0.4, 0.5) is 0 Å². The number of aliphatic hydroxyl groups excluding tert-OH is 1. The lowest BCUT2D eigenvalue weighted by atomic mass is 9.70. The molecule has 1 aromatic rings. The van der Waals surface area contributed by atoms with Gasteiger partial charge in [-0.1, -0.05) is 45.0 Å². The normalized spacial score (nSPS) is 21.8. The molecule has 0 saturated heterocycles. The van der Waals surface area contributed by atoms with E-state index in [0.29, 0.717) is 11.3 Å². The summed E-state index contributed by atoms with van der Waals surface area (Å²) < 4.78 is 0. The van der Waals surface area contributed by atoms with E-state index in [1.54, 1.807) is 0 Å². The van der Waals surface area contributed by atoms with E-state index in [9.17, 15) is 5.11 Å². The van der Waals surface area contributed by atoms with Crippen LogP contribution in [-0.4, -0.2) is 11.7 Å². The minimum Gasteiger partial charge on any atom is -0.396 e. The first-order valence-corrected chi connectivity index (χ1v) is 7.23. The predicted octanol–water partition coefficient (Wildman–Crippen LogP) is 4.47. The Morgan fingerprint density at radius 3 is 2.44 bits per heavy atom. The number of hydrogen-bond acceptors (Lipinski definition) is 1. The van der Waals surface area contributed by atoms with Gasteiger partial charge < -0.3 is 5.11 Å². The molecule has 0 aromatic heterocycles. The summed E-state index contributed by atoms with van der Waals surface area (Å²) in [6, 6.07) is 8.70. The lowest BCUT2D eigenvalue weighted by molar-refractivity contribution is 0.223. The van der Waals surface area contributed by atoms with Gasteiger partial charge in [-0.15, -0.1) is 0 Å². The van der Waals surface area contributed by atoms with E-state index in [4.69, 9.17) is 0 Å². The molecule has 1 aromatic carbocycles. The summed E-state index contributed by atoms with van der Waals surface area (Å²) in [5.74, 6) is 0.958. The van der Waals surface area contributed by atoms with Crippen molar-refractivity contribution in [3.8, 4) is 0 Å². The van der Waals surface area contributed by atoms with Crippen LogP contribution < -0.4 is 0 Å². The third-order valence-corrected chi connectivity index (χ3v) is 4.58. The summed E-state index contributed by atoms with van der Waals surface area (Å²) in [4.78, 5) is 0. The van der Waals surface area contributed by atoms with E-state index in [0.717, 1.165) is 0 Å². The minimum absolute atomic E-state index is 0.245. The number of aliphatic hydroxyl groups is 1. The van der Waals surface area contributed by atoms with Crippen LogP contribution >= 0.6 is 0 Å². The number of benzene rings is 1. The molecule has 0 amide bonds. The topological polar surface area (TPSA) is 20.2 Å². The molecule has 1 saturated carbocycles. The molecule has 0 radical (unpaired) electrons. The maximum Gasteiger partial charge on any atom is 0.0497 e. The molecule has 1 N–H and O–H groups in total. The summed E-state index contributed by atoms with van der Waals surface area (Å²) in [6.07, 6.45) is 5.23. The van der Waals surface area contributed by atoms with Crippen LogP contribution in [0.25, 0.3) is 0 Å². The van der Waals surface area contributed by atoms with Crippen molar-refractivity contribution in [2.24, 2.45) is 5.41 Å². The number of hydrogen-bond donors (Lipinski definition) is 1. The van der Waals surface area contributed by atoms with Gasteiger partial charge in [0.2, 0.25) is 0 Å².